The zero-order valence-corrected chi connectivity index (χ0v) is 18.4. The maximum atomic E-state index is 12.9. The Morgan fingerprint density at radius 1 is 0.963 bits per heavy atom. The molecule has 0 spiro atoms. The van der Waals surface area contributed by atoms with Gasteiger partial charge in [-0.2, -0.15) is 0 Å². The summed E-state index contributed by atoms with van der Waals surface area (Å²) in [5, 5.41) is 0. The summed E-state index contributed by atoms with van der Waals surface area (Å²) in [4.78, 5) is 0. The largest absolute Gasteiger partial charge is 0.228 e. The number of sulfone groups is 1. The minimum Gasteiger partial charge on any atom is -0.228 e. The molecule has 3 rings (SSSR count). The molecule has 0 aliphatic heterocycles. The lowest BCUT2D eigenvalue weighted by molar-refractivity contribution is 0.277. The Balaban J connectivity index is 1.46. The zero-order chi connectivity index (χ0) is 19.5. The lowest BCUT2D eigenvalue weighted by Gasteiger charge is -2.32. The Kier molecular flexibility index (Phi) is 6.71. The first-order chi connectivity index (χ1) is 12.9. The number of fused-ring (bicyclic) bond motifs is 1. The zero-order valence-electron chi connectivity index (χ0n) is 17.6. The van der Waals surface area contributed by atoms with Crippen LogP contribution in [0.15, 0.2) is 18.2 Å². The van der Waals surface area contributed by atoms with E-state index in [9.17, 15) is 8.42 Å². The van der Waals surface area contributed by atoms with Gasteiger partial charge in [-0.3, -0.25) is 0 Å². The molecule has 0 atom stereocenters. The van der Waals surface area contributed by atoms with Crippen molar-refractivity contribution in [1.29, 1.82) is 0 Å². The van der Waals surface area contributed by atoms with E-state index < -0.39 is 14.6 Å². The first-order valence-corrected chi connectivity index (χ1v) is 12.8. The average Bonchev–Trinajstić information content (AvgIpc) is 3.14. The fourth-order valence-electron chi connectivity index (χ4n) is 5.04. The Bertz CT molecular complexity index is 723. The van der Waals surface area contributed by atoms with Crippen molar-refractivity contribution >= 4 is 9.84 Å². The summed E-state index contributed by atoms with van der Waals surface area (Å²) >= 11 is 0. The normalized spacial score (nSPS) is 23.4. The van der Waals surface area contributed by atoms with E-state index >= 15 is 0 Å². The van der Waals surface area contributed by atoms with E-state index in [-0.39, 0.29) is 0 Å². The van der Waals surface area contributed by atoms with E-state index in [4.69, 9.17) is 0 Å². The number of hydrogen-bond donors (Lipinski definition) is 0. The molecule has 152 valence electrons. The molecule has 0 unspecified atom stereocenters. The number of benzene rings is 1. The van der Waals surface area contributed by atoms with Gasteiger partial charge in [0, 0.05) is 0 Å². The summed E-state index contributed by atoms with van der Waals surface area (Å²) in [5.41, 5.74) is 4.64. The second kappa shape index (κ2) is 8.68. The first-order valence-electron chi connectivity index (χ1n) is 11.2. The van der Waals surface area contributed by atoms with Gasteiger partial charge in [0.2, 0.25) is 0 Å². The van der Waals surface area contributed by atoms with Crippen LogP contribution in [0.5, 0.6) is 0 Å². The van der Waals surface area contributed by atoms with Gasteiger partial charge in [0.05, 0.1) is 10.5 Å². The molecule has 1 saturated carbocycles. The van der Waals surface area contributed by atoms with Gasteiger partial charge < -0.3 is 0 Å². The van der Waals surface area contributed by atoms with Crippen LogP contribution in [0.1, 0.15) is 88.8 Å². The van der Waals surface area contributed by atoms with E-state index in [1.807, 2.05) is 20.8 Å². The summed E-state index contributed by atoms with van der Waals surface area (Å²) in [6.45, 7) is 5.96. The van der Waals surface area contributed by atoms with Crippen molar-refractivity contribution in [2.24, 2.45) is 11.8 Å². The van der Waals surface area contributed by atoms with Crippen molar-refractivity contribution < 1.29 is 8.42 Å². The van der Waals surface area contributed by atoms with Crippen molar-refractivity contribution in [3.05, 3.63) is 34.9 Å². The van der Waals surface area contributed by atoms with Gasteiger partial charge in [-0.15, -0.1) is 0 Å². The van der Waals surface area contributed by atoms with Gasteiger partial charge >= 0.3 is 0 Å². The monoisotopic (exact) mass is 390 g/mol. The van der Waals surface area contributed by atoms with Gasteiger partial charge in [0.25, 0.3) is 0 Å². The second-order valence-electron chi connectivity index (χ2n) is 9.32. The Hall–Kier alpha value is -0.830. The molecule has 2 nitrogen and oxygen atoms in total. The van der Waals surface area contributed by atoms with Gasteiger partial charge in [-0.05, 0) is 93.2 Å². The van der Waals surface area contributed by atoms with E-state index in [1.54, 1.807) is 11.1 Å². The maximum absolute atomic E-state index is 12.9. The van der Waals surface area contributed by atoms with Crippen molar-refractivity contribution in [2.45, 2.75) is 96.1 Å². The summed E-state index contributed by atoms with van der Waals surface area (Å²) in [6.07, 6.45) is 12.3. The molecule has 0 bridgehead atoms. The summed E-state index contributed by atoms with van der Waals surface area (Å²) in [6, 6.07) is 7.12. The van der Waals surface area contributed by atoms with Crippen LogP contribution in [0.2, 0.25) is 0 Å². The molecular weight excluding hydrogens is 352 g/mol. The quantitative estimate of drug-likeness (QED) is 0.553. The molecule has 0 saturated heterocycles. The fraction of sp³-hybridized carbons (Fsp3) is 0.750. The summed E-state index contributed by atoms with van der Waals surface area (Å²) in [7, 11) is -3.00. The highest BCUT2D eigenvalue weighted by atomic mass is 32.2. The fourth-order valence-corrected chi connectivity index (χ4v) is 7.28. The van der Waals surface area contributed by atoms with Gasteiger partial charge in [-0.25, -0.2) is 8.42 Å². The molecule has 3 heteroatoms. The molecule has 2 aliphatic carbocycles. The Labute approximate surface area is 167 Å². The Morgan fingerprint density at radius 3 is 2.26 bits per heavy atom. The molecule has 1 aromatic rings. The summed E-state index contributed by atoms with van der Waals surface area (Å²) in [5.74, 6) is 1.56. The number of aryl methyl sites for hydroxylation is 3. The predicted octanol–water partition coefficient (Wildman–Crippen LogP) is 5.91. The summed E-state index contributed by atoms with van der Waals surface area (Å²) < 4.78 is 25.2. The van der Waals surface area contributed by atoms with Gasteiger partial charge in [-0.1, -0.05) is 44.9 Å². The SMILES string of the molecule is CCC(C)(CC)S(=O)(=O)CC1CCC(CCc2ccc3c(c2)CCC3)CC1. The smallest absolute Gasteiger partial charge is 0.155 e. The third-order valence-electron chi connectivity index (χ3n) is 7.67. The van der Waals surface area contributed by atoms with Crippen LogP contribution in [0.25, 0.3) is 0 Å². The van der Waals surface area contributed by atoms with Gasteiger partial charge in [0.1, 0.15) is 0 Å². The first kappa shape index (κ1) is 20.9. The number of rotatable bonds is 8. The third kappa shape index (κ3) is 4.78. The highest BCUT2D eigenvalue weighted by Crippen LogP contribution is 2.36. The van der Waals surface area contributed by atoms with E-state index in [0.717, 1.165) is 31.6 Å². The van der Waals surface area contributed by atoms with Crippen LogP contribution in [0, 0.1) is 11.8 Å². The second-order valence-corrected chi connectivity index (χ2v) is 11.9. The number of hydrogen-bond acceptors (Lipinski definition) is 2. The highest BCUT2D eigenvalue weighted by Gasteiger charge is 2.37. The minimum absolute atomic E-state index is 0.378. The maximum Gasteiger partial charge on any atom is 0.155 e. The standard InChI is InChI=1S/C24H38O2S/c1-4-24(3,5-2)27(25,26)18-21-13-10-19(11-14-21)9-12-20-15-16-22-7-6-8-23(22)17-20/h15-17,19,21H,4-14,18H2,1-3H3. The molecule has 0 aromatic heterocycles. The molecule has 1 fully saturated rings. The average molecular weight is 391 g/mol. The van der Waals surface area contributed by atoms with Crippen molar-refractivity contribution in [3.63, 3.8) is 0 Å². The van der Waals surface area contributed by atoms with Crippen LogP contribution in [0.4, 0.5) is 0 Å². The van der Waals surface area contributed by atoms with Crippen molar-refractivity contribution in [3.8, 4) is 0 Å². The van der Waals surface area contributed by atoms with Crippen LogP contribution in [0.3, 0.4) is 0 Å². The molecule has 0 heterocycles. The van der Waals surface area contributed by atoms with Crippen LogP contribution in [-0.2, 0) is 29.1 Å². The van der Waals surface area contributed by atoms with E-state index in [0.29, 0.717) is 11.7 Å². The van der Waals surface area contributed by atoms with E-state index in [2.05, 4.69) is 18.2 Å². The van der Waals surface area contributed by atoms with Crippen LogP contribution >= 0.6 is 0 Å². The van der Waals surface area contributed by atoms with E-state index in [1.165, 1.54) is 50.5 Å². The van der Waals surface area contributed by atoms with Crippen LogP contribution in [-0.4, -0.2) is 18.9 Å². The predicted molar refractivity (Wildman–Crippen MR) is 115 cm³/mol. The minimum atomic E-state index is -3.00. The Morgan fingerprint density at radius 2 is 1.59 bits per heavy atom. The lowest BCUT2D eigenvalue weighted by atomic mass is 9.80. The molecule has 0 radical (unpaired) electrons. The van der Waals surface area contributed by atoms with Gasteiger partial charge in [0.15, 0.2) is 9.84 Å². The van der Waals surface area contributed by atoms with Crippen molar-refractivity contribution in [2.75, 3.05) is 5.75 Å². The third-order valence-corrected chi connectivity index (χ3v) is 10.7. The molecular formula is C24H38O2S. The molecule has 2 aliphatic rings. The molecule has 0 N–H and O–H groups in total. The van der Waals surface area contributed by atoms with Crippen LogP contribution < -0.4 is 0 Å². The topological polar surface area (TPSA) is 34.1 Å². The highest BCUT2D eigenvalue weighted by molar-refractivity contribution is 7.92. The molecule has 0 amide bonds. The molecule has 1 aromatic carbocycles. The van der Waals surface area contributed by atoms with Crippen molar-refractivity contribution in [1.82, 2.24) is 0 Å². The molecule has 27 heavy (non-hydrogen) atoms. The lowest BCUT2D eigenvalue weighted by Crippen LogP contribution is -2.38.